The second-order valence-corrected chi connectivity index (χ2v) is 8.82. The first kappa shape index (κ1) is 25.3. The number of nitrogens with one attached hydrogen (secondary N) is 3. The molecule has 178 valence electrons. The lowest BCUT2D eigenvalue weighted by atomic mass is 9.86. The van der Waals surface area contributed by atoms with Crippen LogP contribution in [0.15, 0.2) is 53.5 Å². The van der Waals surface area contributed by atoms with Gasteiger partial charge in [-0.25, -0.2) is 0 Å². The Morgan fingerprint density at radius 2 is 1.85 bits per heavy atom. The average molecular weight is 562 g/mol. The summed E-state index contributed by atoms with van der Waals surface area (Å²) in [6.45, 7) is 5.11. The molecule has 0 saturated heterocycles. The monoisotopic (exact) mass is 562 g/mol. The quantitative estimate of drug-likeness (QED) is 0.257. The van der Waals surface area contributed by atoms with E-state index in [2.05, 4.69) is 47.1 Å². The van der Waals surface area contributed by atoms with Crippen molar-refractivity contribution in [1.82, 2.24) is 10.6 Å². The van der Waals surface area contributed by atoms with E-state index < -0.39 is 0 Å². The number of hydrogen-bond donors (Lipinski definition) is 3. The van der Waals surface area contributed by atoms with Crippen molar-refractivity contribution in [3.8, 4) is 5.75 Å². The predicted molar refractivity (Wildman–Crippen MR) is 145 cm³/mol. The molecule has 6 nitrogen and oxygen atoms in total. The maximum atomic E-state index is 11.2. The zero-order valence-electron chi connectivity index (χ0n) is 19.5. The molecule has 1 heterocycles. The number of nitrogens with zero attached hydrogens (tertiary/aromatic N) is 1. The van der Waals surface area contributed by atoms with E-state index in [-0.39, 0.29) is 41.5 Å². The molecule has 0 bridgehead atoms. The van der Waals surface area contributed by atoms with Crippen LogP contribution in [0.1, 0.15) is 63.1 Å². The summed E-state index contributed by atoms with van der Waals surface area (Å²) < 4.78 is 6.50. The first-order chi connectivity index (χ1) is 15.6. The SMILES string of the molecule is CCNC(=NCCc1ccc(NC(C)=O)cc1)NC1CC2(CCCC2)Oc2ccccc21.I. The van der Waals surface area contributed by atoms with Gasteiger partial charge in [-0.3, -0.25) is 9.79 Å². The third-order valence-electron chi connectivity index (χ3n) is 6.31. The Morgan fingerprint density at radius 3 is 2.55 bits per heavy atom. The van der Waals surface area contributed by atoms with Crippen LogP contribution in [-0.2, 0) is 11.2 Å². The number of fused-ring (bicyclic) bond motifs is 1. The largest absolute Gasteiger partial charge is 0.487 e. The highest BCUT2D eigenvalue weighted by molar-refractivity contribution is 14.0. The first-order valence-electron chi connectivity index (χ1n) is 11.8. The summed E-state index contributed by atoms with van der Waals surface area (Å²) >= 11 is 0. The van der Waals surface area contributed by atoms with E-state index in [9.17, 15) is 4.79 Å². The van der Waals surface area contributed by atoms with Crippen LogP contribution in [0, 0.1) is 0 Å². The zero-order chi connectivity index (χ0) is 22.4. The second-order valence-electron chi connectivity index (χ2n) is 8.82. The molecule has 2 aromatic carbocycles. The highest BCUT2D eigenvalue weighted by Gasteiger charge is 2.43. The van der Waals surface area contributed by atoms with Gasteiger partial charge in [-0.1, -0.05) is 30.3 Å². The van der Waals surface area contributed by atoms with E-state index in [4.69, 9.17) is 9.73 Å². The van der Waals surface area contributed by atoms with Gasteiger partial charge in [-0.2, -0.15) is 0 Å². The van der Waals surface area contributed by atoms with Crippen molar-refractivity contribution in [2.75, 3.05) is 18.4 Å². The molecule has 1 amide bonds. The second kappa shape index (κ2) is 11.7. The number of carbonyl (C=O) groups excluding carboxylic acids is 1. The minimum Gasteiger partial charge on any atom is -0.487 e. The molecule has 2 aromatic rings. The van der Waals surface area contributed by atoms with E-state index in [1.54, 1.807) is 0 Å². The smallest absolute Gasteiger partial charge is 0.221 e. The first-order valence-corrected chi connectivity index (χ1v) is 11.8. The number of guanidine groups is 1. The molecule has 4 rings (SSSR count). The molecule has 1 aliphatic carbocycles. The van der Waals surface area contributed by atoms with Gasteiger partial charge < -0.3 is 20.7 Å². The number of anilines is 1. The van der Waals surface area contributed by atoms with Crippen molar-refractivity contribution < 1.29 is 9.53 Å². The van der Waals surface area contributed by atoms with Crippen LogP contribution in [0.2, 0.25) is 0 Å². The predicted octanol–water partition coefficient (Wildman–Crippen LogP) is 5.20. The van der Waals surface area contributed by atoms with Crippen LogP contribution >= 0.6 is 24.0 Å². The molecule has 1 fully saturated rings. The fraction of sp³-hybridized carbons (Fsp3) is 0.462. The van der Waals surface area contributed by atoms with E-state index in [0.29, 0.717) is 6.54 Å². The minimum atomic E-state index is -0.0576. The number of benzene rings is 2. The fourth-order valence-electron chi connectivity index (χ4n) is 4.81. The summed E-state index contributed by atoms with van der Waals surface area (Å²) in [4.78, 5) is 16.0. The number of ether oxygens (including phenoxy) is 1. The third-order valence-corrected chi connectivity index (χ3v) is 6.31. The van der Waals surface area contributed by atoms with Gasteiger partial charge in [0.25, 0.3) is 0 Å². The topological polar surface area (TPSA) is 74.8 Å². The van der Waals surface area contributed by atoms with Crippen molar-refractivity contribution in [2.45, 2.75) is 64.0 Å². The van der Waals surface area contributed by atoms with Gasteiger partial charge in [0.1, 0.15) is 11.4 Å². The summed E-state index contributed by atoms with van der Waals surface area (Å²) in [5.41, 5.74) is 3.18. The number of carbonyl (C=O) groups is 1. The molecule has 0 radical (unpaired) electrons. The van der Waals surface area contributed by atoms with E-state index >= 15 is 0 Å². The molecule has 3 N–H and O–H groups in total. The van der Waals surface area contributed by atoms with Crippen LogP contribution < -0.4 is 20.7 Å². The number of halogens is 1. The Morgan fingerprint density at radius 1 is 1.12 bits per heavy atom. The molecule has 1 atom stereocenters. The minimum absolute atomic E-state index is 0. The normalized spacial score (nSPS) is 18.6. The van der Waals surface area contributed by atoms with Crippen molar-refractivity contribution in [1.29, 1.82) is 0 Å². The fourth-order valence-corrected chi connectivity index (χ4v) is 4.81. The molecule has 1 spiro atoms. The number of para-hydroxylation sites is 1. The molecule has 33 heavy (non-hydrogen) atoms. The maximum Gasteiger partial charge on any atom is 0.221 e. The molecule has 7 heteroatoms. The lowest BCUT2D eigenvalue weighted by molar-refractivity contribution is -0.114. The van der Waals surface area contributed by atoms with Crippen LogP contribution in [0.25, 0.3) is 0 Å². The highest BCUT2D eigenvalue weighted by atomic mass is 127. The van der Waals surface area contributed by atoms with Gasteiger partial charge >= 0.3 is 0 Å². The van der Waals surface area contributed by atoms with Crippen LogP contribution in [0.3, 0.4) is 0 Å². The number of amides is 1. The Hall–Kier alpha value is -2.29. The van der Waals surface area contributed by atoms with Crippen molar-refractivity contribution >= 4 is 41.5 Å². The van der Waals surface area contributed by atoms with E-state index in [1.165, 1.54) is 30.9 Å². The summed E-state index contributed by atoms with van der Waals surface area (Å²) in [5, 5.41) is 9.90. The zero-order valence-corrected chi connectivity index (χ0v) is 21.9. The van der Waals surface area contributed by atoms with Gasteiger partial charge in [-0.15, -0.1) is 24.0 Å². The van der Waals surface area contributed by atoms with Gasteiger partial charge in [0.15, 0.2) is 5.96 Å². The van der Waals surface area contributed by atoms with Crippen molar-refractivity contribution in [3.05, 3.63) is 59.7 Å². The number of aliphatic imine (C=N–C) groups is 1. The number of rotatable bonds is 6. The molecule has 0 aromatic heterocycles. The lowest BCUT2D eigenvalue weighted by Gasteiger charge is -2.40. The van der Waals surface area contributed by atoms with Crippen LogP contribution in [-0.4, -0.2) is 30.6 Å². The lowest BCUT2D eigenvalue weighted by Crippen LogP contribution is -2.46. The molecular weight excluding hydrogens is 527 g/mol. The Balaban J connectivity index is 0.00000306. The summed E-state index contributed by atoms with van der Waals surface area (Å²) in [6.07, 6.45) is 6.54. The Bertz CT molecular complexity index is 955. The molecule has 1 unspecified atom stereocenters. The van der Waals surface area contributed by atoms with Crippen molar-refractivity contribution in [2.24, 2.45) is 4.99 Å². The van der Waals surface area contributed by atoms with Gasteiger partial charge in [0, 0.05) is 37.7 Å². The molecule has 1 aliphatic heterocycles. The maximum absolute atomic E-state index is 11.2. The molecule has 2 aliphatic rings. The van der Waals surface area contributed by atoms with E-state index in [1.807, 2.05) is 24.3 Å². The third kappa shape index (κ3) is 6.62. The van der Waals surface area contributed by atoms with Crippen LogP contribution in [0.5, 0.6) is 5.75 Å². The van der Waals surface area contributed by atoms with Gasteiger partial charge in [-0.05, 0) is 62.8 Å². The van der Waals surface area contributed by atoms with Crippen LogP contribution in [0.4, 0.5) is 5.69 Å². The Labute approximate surface area is 214 Å². The van der Waals surface area contributed by atoms with Crippen molar-refractivity contribution in [3.63, 3.8) is 0 Å². The molecule has 1 saturated carbocycles. The summed E-state index contributed by atoms with van der Waals surface area (Å²) in [7, 11) is 0. The standard InChI is InChI=1S/C26H34N4O2.HI/c1-3-27-25(28-17-14-20-10-12-21(13-11-20)29-19(2)31)30-23-18-26(15-6-7-16-26)32-24-9-5-4-8-22(23)24;/h4-5,8-13,23H,3,6-7,14-18H2,1-2H3,(H,29,31)(H2,27,28,30);1H. The van der Waals surface area contributed by atoms with Gasteiger partial charge in [0.05, 0.1) is 6.04 Å². The highest BCUT2D eigenvalue weighted by Crippen LogP contribution is 2.46. The summed E-state index contributed by atoms with van der Waals surface area (Å²) in [6, 6.07) is 16.5. The number of hydrogen-bond acceptors (Lipinski definition) is 3. The Kier molecular flexibility index (Phi) is 9.00. The van der Waals surface area contributed by atoms with E-state index in [0.717, 1.165) is 49.6 Å². The van der Waals surface area contributed by atoms with Gasteiger partial charge in [0.2, 0.25) is 5.91 Å². The summed E-state index contributed by atoms with van der Waals surface area (Å²) in [5.74, 6) is 1.79. The average Bonchev–Trinajstić information content (AvgIpc) is 3.22. The molecular formula is C26H35IN4O2.